The Morgan fingerprint density at radius 3 is 2.65 bits per heavy atom. The fraction of sp³-hybridized carbons (Fsp3) is 0.346. The number of hydrogen-bond acceptors (Lipinski definition) is 6. The summed E-state index contributed by atoms with van der Waals surface area (Å²) in [6.45, 7) is 4.20. The molecule has 0 bridgehead atoms. The van der Waals surface area contributed by atoms with Crippen molar-refractivity contribution in [2.45, 2.75) is 26.3 Å². The van der Waals surface area contributed by atoms with Crippen molar-refractivity contribution in [1.29, 1.82) is 0 Å². The van der Waals surface area contributed by atoms with E-state index in [9.17, 15) is 4.79 Å². The lowest BCUT2D eigenvalue weighted by atomic mass is 9.97. The van der Waals surface area contributed by atoms with Gasteiger partial charge in [0.05, 0.1) is 22.0 Å². The molecule has 34 heavy (non-hydrogen) atoms. The third-order valence-electron chi connectivity index (χ3n) is 6.36. The molecule has 1 N–H and O–H groups in total. The van der Waals surface area contributed by atoms with Crippen LogP contribution in [0, 0.1) is 12.8 Å². The minimum absolute atomic E-state index is 0.0338. The molecular formula is C26H30N6OS. The van der Waals surface area contributed by atoms with Crippen LogP contribution in [0.5, 0.6) is 0 Å². The second kappa shape index (κ2) is 9.46. The van der Waals surface area contributed by atoms with Crippen LogP contribution in [0.1, 0.15) is 24.1 Å². The maximum absolute atomic E-state index is 13.0. The van der Waals surface area contributed by atoms with Gasteiger partial charge in [0.1, 0.15) is 0 Å². The van der Waals surface area contributed by atoms with Crippen molar-refractivity contribution < 1.29 is 4.79 Å². The van der Waals surface area contributed by atoms with E-state index in [2.05, 4.69) is 39.4 Å². The highest BCUT2D eigenvalue weighted by atomic mass is 32.1. The quantitative estimate of drug-likeness (QED) is 0.449. The summed E-state index contributed by atoms with van der Waals surface area (Å²) in [5.74, 6) is 0.0858. The zero-order valence-corrected chi connectivity index (χ0v) is 20.7. The highest BCUT2D eigenvalue weighted by molar-refractivity contribution is 7.22. The molecule has 176 valence electrons. The van der Waals surface area contributed by atoms with Gasteiger partial charge in [0.15, 0.2) is 10.8 Å². The average Bonchev–Trinajstić information content (AvgIpc) is 3.44. The van der Waals surface area contributed by atoms with Crippen LogP contribution in [0.4, 0.5) is 10.8 Å². The Kier molecular flexibility index (Phi) is 6.24. The molecule has 1 amide bonds. The maximum atomic E-state index is 13.0. The Hall–Kier alpha value is -3.39. The molecule has 1 aliphatic heterocycles. The fourth-order valence-electron chi connectivity index (χ4n) is 4.42. The first-order valence-electron chi connectivity index (χ1n) is 11.7. The monoisotopic (exact) mass is 474 g/mol. The molecule has 2 aromatic heterocycles. The Labute approximate surface area is 204 Å². The zero-order chi connectivity index (χ0) is 23.7. The van der Waals surface area contributed by atoms with Gasteiger partial charge in [-0.3, -0.25) is 4.79 Å². The van der Waals surface area contributed by atoms with Gasteiger partial charge < -0.3 is 15.1 Å². The van der Waals surface area contributed by atoms with Gasteiger partial charge >= 0.3 is 0 Å². The number of piperidine rings is 1. The Morgan fingerprint density at radius 2 is 1.91 bits per heavy atom. The predicted octanol–water partition coefficient (Wildman–Crippen LogP) is 4.39. The summed E-state index contributed by atoms with van der Waals surface area (Å²) in [7, 11) is 4.05. The molecular weight excluding hydrogens is 444 g/mol. The summed E-state index contributed by atoms with van der Waals surface area (Å²) in [5.41, 5.74) is 5.13. The number of carbonyl (C=O) groups is 1. The Bertz CT molecular complexity index is 1280. The number of carbonyl (C=O) groups excluding carboxylic acids is 1. The smallest absolute Gasteiger partial charge is 0.225 e. The third-order valence-corrected chi connectivity index (χ3v) is 7.57. The van der Waals surface area contributed by atoms with Crippen molar-refractivity contribution in [3.05, 3.63) is 65.9 Å². The number of amides is 1. The first kappa shape index (κ1) is 22.4. The molecule has 1 fully saturated rings. The van der Waals surface area contributed by atoms with E-state index in [0.717, 1.165) is 57.5 Å². The second-order valence-electron chi connectivity index (χ2n) is 9.05. The minimum Gasteiger partial charge on any atom is -0.378 e. The van der Waals surface area contributed by atoms with E-state index in [1.165, 1.54) is 0 Å². The van der Waals surface area contributed by atoms with E-state index in [-0.39, 0.29) is 11.8 Å². The Morgan fingerprint density at radius 1 is 1.15 bits per heavy atom. The average molecular weight is 475 g/mol. The summed E-state index contributed by atoms with van der Waals surface area (Å²) in [6.07, 6.45) is 1.89. The summed E-state index contributed by atoms with van der Waals surface area (Å²) in [6, 6.07) is 18.4. The number of hydrogen-bond donors (Lipinski definition) is 1. The molecule has 2 aromatic carbocycles. The van der Waals surface area contributed by atoms with Gasteiger partial charge in [0.25, 0.3) is 0 Å². The number of aryl methyl sites for hydroxylation is 1. The zero-order valence-electron chi connectivity index (χ0n) is 19.9. The highest BCUT2D eigenvalue weighted by Crippen LogP contribution is 2.34. The summed E-state index contributed by atoms with van der Waals surface area (Å²) >= 11 is 1.67. The predicted molar refractivity (Wildman–Crippen MR) is 139 cm³/mol. The van der Waals surface area contributed by atoms with E-state index in [0.29, 0.717) is 13.1 Å². The van der Waals surface area contributed by atoms with Crippen molar-refractivity contribution in [2.75, 3.05) is 37.0 Å². The molecule has 0 radical (unpaired) electrons. The number of anilines is 2. The first-order valence-corrected chi connectivity index (χ1v) is 12.5. The number of thiazole rings is 1. The van der Waals surface area contributed by atoms with Crippen molar-refractivity contribution >= 4 is 38.4 Å². The Balaban J connectivity index is 1.27. The van der Waals surface area contributed by atoms with E-state index < -0.39 is 0 Å². The number of rotatable bonds is 6. The third kappa shape index (κ3) is 4.50. The molecule has 4 aromatic rings. The largest absolute Gasteiger partial charge is 0.378 e. The standard InChI is InChI=1S/C26H30N6OS/c1-18-23-24(32(29-18)22-9-5-4-6-10-22)28-26(34-23)31-15-7-8-20(17-31)25(33)27-16-19-11-13-21(14-12-19)30(2)3/h4-6,9-14,20H,7-8,15-17H2,1-3H3,(H,27,33). The molecule has 1 atom stereocenters. The molecule has 5 rings (SSSR count). The lowest BCUT2D eigenvalue weighted by Crippen LogP contribution is -2.43. The SMILES string of the molecule is Cc1nn(-c2ccccc2)c2nc(N3CCCC(C(=O)NCc4ccc(N(C)C)cc4)C3)sc12. The molecule has 1 saturated heterocycles. The van der Waals surface area contributed by atoms with Gasteiger partial charge in [0.2, 0.25) is 5.91 Å². The van der Waals surface area contributed by atoms with Gasteiger partial charge in [-0.05, 0) is 49.6 Å². The molecule has 3 heterocycles. The highest BCUT2D eigenvalue weighted by Gasteiger charge is 2.28. The summed E-state index contributed by atoms with van der Waals surface area (Å²) in [4.78, 5) is 22.2. The molecule has 1 unspecified atom stereocenters. The van der Waals surface area contributed by atoms with E-state index in [1.54, 1.807) is 11.3 Å². The number of nitrogens with one attached hydrogen (secondary N) is 1. The molecule has 7 nitrogen and oxygen atoms in total. The summed E-state index contributed by atoms with van der Waals surface area (Å²) < 4.78 is 3.02. The van der Waals surface area contributed by atoms with Crippen LogP contribution >= 0.6 is 11.3 Å². The van der Waals surface area contributed by atoms with Crippen LogP contribution in [0.3, 0.4) is 0 Å². The molecule has 0 saturated carbocycles. The molecule has 1 aliphatic rings. The minimum atomic E-state index is -0.0338. The molecule has 0 spiro atoms. The lowest BCUT2D eigenvalue weighted by Gasteiger charge is -2.31. The normalized spacial score (nSPS) is 16.1. The number of fused-ring (bicyclic) bond motifs is 1. The van der Waals surface area contributed by atoms with Crippen molar-refractivity contribution in [1.82, 2.24) is 20.1 Å². The second-order valence-corrected chi connectivity index (χ2v) is 10.0. The van der Waals surface area contributed by atoms with Gasteiger partial charge in [-0.25, -0.2) is 4.68 Å². The van der Waals surface area contributed by atoms with Crippen LogP contribution in [0.2, 0.25) is 0 Å². The molecule has 8 heteroatoms. The maximum Gasteiger partial charge on any atom is 0.225 e. The van der Waals surface area contributed by atoms with Crippen LogP contribution in [0.25, 0.3) is 16.0 Å². The number of benzene rings is 2. The van der Waals surface area contributed by atoms with Gasteiger partial charge in [0, 0.05) is 39.4 Å². The number of para-hydroxylation sites is 1. The van der Waals surface area contributed by atoms with Crippen molar-refractivity contribution in [3.63, 3.8) is 0 Å². The van der Waals surface area contributed by atoms with Gasteiger partial charge in [-0.15, -0.1) is 0 Å². The molecule has 0 aliphatic carbocycles. The lowest BCUT2D eigenvalue weighted by molar-refractivity contribution is -0.125. The van der Waals surface area contributed by atoms with E-state index in [1.807, 2.05) is 56.0 Å². The van der Waals surface area contributed by atoms with Crippen molar-refractivity contribution in [2.24, 2.45) is 5.92 Å². The number of aromatic nitrogens is 3. The fourth-order valence-corrected chi connectivity index (χ4v) is 5.44. The van der Waals surface area contributed by atoms with Gasteiger partial charge in [-0.1, -0.05) is 41.7 Å². The van der Waals surface area contributed by atoms with Gasteiger partial charge in [-0.2, -0.15) is 10.1 Å². The number of nitrogens with zero attached hydrogens (tertiary/aromatic N) is 5. The first-order chi connectivity index (χ1) is 16.5. The van der Waals surface area contributed by atoms with E-state index >= 15 is 0 Å². The van der Waals surface area contributed by atoms with Crippen LogP contribution in [-0.4, -0.2) is 47.9 Å². The van der Waals surface area contributed by atoms with E-state index in [4.69, 9.17) is 10.1 Å². The van der Waals surface area contributed by atoms with Crippen LogP contribution in [0.15, 0.2) is 54.6 Å². The van der Waals surface area contributed by atoms with Crippen LogP contribution < -0.4 is 15.1 Å². The summed E-state index contributed by atoms with van der Waals surface area (Å²) in [5, 5.41) is 8.81. The van der Waals surface area contributed by atoms with Crippen molar-refractivity contribution in [3.8, 4) is 5.69 Å². The topological polar surface area (TPSA) is 66.3 Å². The van der Waals surface area contributed by atoms with Crippen LogP contribution in [-0.2, 0) is 11.3 Å².